The van der Waals surface area contributed by atoms with Gasteiger partial charge in [0.25, 0.3) is 0 Å². The molecule has 0 radical (unpaired) electrons. The first kappa shape index (κ1) is 11.8. The molecule has 1 aromatic heterocycles. The number of carbonyl (C=O) groups excluding carboxylic acids is 1. The molecule has 0 bridgehead atoms. The molecule has 2 aromatic rings. The zero-order valence-electron chi connectivity index (χ0n) is 9.71. The molecule has 4 heteroatoms. The number of ether oxygens (including phenoxy) is 1. The first-order chi connectivity index (χ1) is 8.19. The molecular weight excluding hydrogens is 234 g/mol. The molecule has 0 amide bonds. The van der Waals surface area contributed by atoms with E-state index in [1.807, 2.05) is 38.1 Å². The van der Waals surface area contributed by atoms with Crippen molar-refractivity contribution in [1.82, 2.24) is 4.98 Å². The summed E-state index contributed by atoms with van der Waals surface area (Å²) in [4.78, 5) is 15.5. The molecule has 88 valence electrons. The van der Waals surface area contributed by atoms with Crippen molar-refractivity contribution in [3.05, 3.63) is 35.3 Å². The Morgan fingerprint density at radius 2 is 2.24 bits per heavy atom. The van der Waals surface area contributed by atoms with Gasteiger partial charge in [-0.15, -0.1) is 11.3 Å². The van der Waals surface area contributed by atoms with E-state index < -0.39 is 0 Å². The summed E-state index contributed by atoms with van der Waals surface area (Å²) in [6, 6.07) is 7.74. The van der Waals surface area contributed by atoms with Crippen LogP contribution in [-0.2, 0) is 0 Å². The normalized spacial score (nSPS) is 10.5. The van der Waals surface area contributed by atoms with Gasteiger partial charge in [0.05, 0.1) is 11.0 Å². The van der Waals surface area contributed by atoms with Crippen LogP contribution in [0.1, 0.15) is 23.5 Å². The number of nitrogens with zero attached hydrogens (tertiary/aromatic N) is 1. The van der Waals surface area contributed by atoms with Gasteiger partial charge in [0, 0.05) is 11.8 Å². The third kappa shape index (κ3) is 2.91. The number of hydrogen-bond acceptors (Lipinski definition) is 4. The van der Waals surface area contributed by atoms with Crippen LogP contribution >= 0.6 is 11.3 Å². The summed E-state index contributed by atoms with van der Waals surface area (Å²) < 4.78 is 5.62. The minimum atomic E-state index is 0.145. The molecule has 0 N–H and O–H groups in total. The van der Waals surface area contributed by atoms with Crippen molar-refractivity contribution < 1.29 is 9.53 Å². The maximum atomic E-state index is 10.6. The van der Waals surface area contributed by atoms with E-state index in [0.717, 1.165) is 22.6 Å². The Hall–Kier alpha value is -1.68. The second-order valence-corrected chi connectivity index (χ2v) is 4.94. The molecule has 0 fully saturated rings. The second kappa shape index (κ2) is 5.10. The van der Waals surface area contributed by atoms with Crippen LogP contribution in [-0.4, -0.2) is 17.4 Å². The Kier molecular flexibility index (Phi) is 3.54. The molecule has 17 heavy (non-hydrogen) atoms. The monoisotopic (exact) mass is 247 g/mol. The van der Waals surface area contributed by atoms with Crippen LogP contribution in [0.2, 0.25) is 0 Å². The number of carbonyl (C=O) groups is 1. The smallest absolute Gasteiger partial charge is 0.161 e. The standard InChI is InChI=1S/C13H13NO2S/c1-9(2)16-11-5-3-4-10(6-11)13-14-7-12(8-15)17-13/h3-9H,1-2H3. The topological polar surface area (TPSA) is 39.2 Å². The quantitative estimate of drug-likeness (QED) is 0.777. The Balaban J connectivity index is 2.29. The van der Waals surface area contributed by atoms with Gasteiger partial charge in [0.15, 0.2) is 6.29 Å². The van der Waals surface area contributed by atoms with Crippen molar-refractivity contribution in [3.63, 3.8) is 0 Å². The summed E-state index contributed by atoms with van der Waals surface area (Å²) >= 11 is 1.38. The highest BCUT2D eigenvalue weighted by Crippen LogP contribution is 2.27. The summed E-state index contributed by atoms with van der Waals surface area (Å²) in [5.41, 5.74) is 0.973. The molecule has 2 rings (SSSR count). The number of thiazole rings is 1. The van der Waals surface area contributed by atoms with Crippen LogP contribution in [0.5, 0.6) is 5.75 Å². The predicted octanol–water partition coefficient (Wildman–Crippen LogP) is 3.41. The predicted molar refractivity (Wildman–Crippen MR) is 68.7 cm³/mol. The molecule has 1 heterocycles. The largest absolute Gasteiger partial charge is 0.491 e. The summed E-state index contributed by atoms with van der Waals surface area (Å²) in [7, 11) is 0. The van der Waals surface area contributed by atoms with Crippen LogP contribution in [0.15, 0.2) is 30.5 Å². The average Bonchev–Trinajstić information content (AvgIpc) is 2.77. The molecule has 0 unspecified atom stereocenters. The highest BCUT2D eigenvalue weighted by atomic mass is 32.1. The Morgan fingerprint density at radius 1 is 1.41 bits per heavy atom. The molecule has 0 saturated heterocycles. The van der Waals surface area contributed by atoms with Crippen molar-refractivity contribution in [1.29, 1.82) is 0 Å². The third-order valence-corrected chi connectivity index (χ3v) is 3.06. The lowest BCUT2D eigenvalue weighted by atomic mass is 10.2. The van der Waals surface area contributed by atoms with Crippen molar-refractivity contribution in [3.8, 4) is 16.3 Å². The molecule has 0 saturated carbocycles. The fraction of sp³-hybridized carbons (Fsp3) is 0.231. The summed E-state index contributed by atoms with van der Waals surface area (Å²) in [6.07, 6.45) is 2.55. The van der Waals surface area contributed by atoms with Crippen LogP contribution in [0.4, 0.5) is 0 Å². The van der Waals surface area contributed by atoms with Gasteiger partial charge in [0.1, 0.15) is 10.8 Å². The van der Waals surface area contributed by atoms with Crippen LogP contribution in [0.3, 0.4) is 0 Å². The van der Waals surface area contributed by atoms with Gasteiger partial charge in [-0.25, -0.2) is 4.98 Å². The second-order valence-electron chi connectivity index (χ2n) is 3.88. The van der Waals surface area contributed by atoms with E-state index in [-0.39, 0.29) is 6.10 Å². The van der Waals surface area contributed by atoms with E-state index in [1.165, 1.54) is 11.3 Å². The zero-order chi connectivity index (χ0) is 12.3. The Morgan fingerprint density at radius 3 is 2.88 bits per heavy atom. The van der Waals surface area contributed by atoms with Gasteiger partial charge in [0.2, 0.25) is 0 Å². The first-order valence-electron chi connectivity index (χ1n) is 5.37. The van der Waals surface area contributed by atoms with Crippen LogP contribution in [0.25, 0.3) is 10.6 Å². The van der Waals surface area contributed by atoms with E-state index in [9.17, 15) is 4.79 Å². The molecule has 0 atom stereocenters. The van der Waals surface area contributed by atoms with Crippen molar-refractivity contribution >= 4 is 17.6 Å². The van der Waals surface area contributed by atoms with E-state index in [4.69, 9.17) is 4.74 Å². The third-order valence-electron chi connectivity index (χ3n) is 2.09. The van der Waals surface area contributed by atoms with Gasteiger partial charge in [-0.2, -0.15) is 0 Å². The van der Waals surface area contributed by atoms with E-state index in [0.29, 0.717) is 4.88 Å². The molecule has 0 aliphatic heterocycles. The van der Waals surface area contributed by atoms with Gasteiger partial charge in [-0.05, 0) is 26.0 Å². The molecule has 3 nitrogen and oxygen atoms in total. The zero-order valence-corrected chi connectivity index (χ0v) is 10.5. The number of benzene rings is 1. The number of aromatic nitrogens is 1. The van der Waals surface area contributed by atoms with E-state index in [1.54, 1.807) is 6.20 Å². The van der Waals surface area contributed by atoms with E-state index >= 15 is 0 Å². The van der Waals surface area contributed by atoms with Gasteiger partial charge in [-0.3, -0.25) is 4.79 Å². The minimum absolute atomic E-state index is 0.145. The molecule has 0 aliphatic rings. The molecular formula is C13H13NO2S. The van der Waals surface area contributed by atoms with Crippen molar-refractivity contribution in [2.45, 2.75) is 20.0 Å². The number of aldehydes is 1. The molecule has 0 spiro atoms. The Labute approximate surface area is 104 Å². The number of hydrogen-bond donors (Lipinski definition) is 0. The maximum Gasteiger partial charge on any atom is 0.161 e. The van der Waals surface area contributed by atoms with E-state index in [2.05, 4.69) is 4.98 Å². The molecule has 1 aromatic carbocycles. The van der Waals surface area contributed by atoms with Gasteiger partial charge >= 0.3 is 0 Å². The van der Waals surface area contributed by atoms with Crippen molar-refractivity contribution in [2.75, 3.05) is 0 Å². The number of rotatable bonds is 4. The maximum absolute atomic E-state index is 10.6. The van der Waals surface area contributed by atoms with Gasteiger partial charge < -0.3 is 4.74 Å². The van der Waals surface area contributed by atoms with Crippen molar-refractivity contribution in [2.24, 2.45) is 0 Å². The summed E-state index contributed by atoms with van der Waals surface area (Å²) in [5, 5.41) is 0.835. The lowest BCUT2D eigenvalue weighted by Gasteiger charge is -2.09. The minimum Gasteiger partial charge on any atom is -0.491 e. The summed E-state index contributed by atoms with van der Waals surface area (Å²) in [6.45, 7) is 3.97. The lowest BCUT2D eigenvalue weighted by Crippen LogP contribution is -2.05. The highest BCUT2D eigenvalue weighted by molar-refractivity contribution is 7.16. The van der Waals surface area contributed by atoms with Gasteiger partial charge in [-0.1, -0.05) is 12.1 Å². The van der Waals surface area contributed by atoms with Crippen LogP contribution in [0, 0.1) is 0 Å². The fourth-order valence-corrected chi connectivity index (χ4v) is 2.18. The fourth-order valence-electron chi connectivity index (χ4n) is 1.45. The highest BCUT2D eigenvalue weighted by Gasteiger charge is 2.06. The summed E-state index contributed by atoms with van der Waals surface area (Å²) in [5.74, 6) is 0.820. The lowest BCUT2D eigenvalue weighted by molar-refractivity contribution is 0.112. The SMILES string of the molecule is CC(C)Oc1cccc(-c2ncc(C=O)s2)c1. The average molecular weight is 247 g/mol. The molecule has 0 aliphatic carbocycles. The van der Waals surface area contributed by atoms with Crippen LogP contribution < -0.4 is 4.74 Å². The first-order valence-corrected chi connectivity index (χ1v) is 6.19. The Bertz CT molecular complexity index is 520.